The van der Waals surface area contributed by atoms with E-state index in [0.29, 0.717) is 23.6 Å². The number of benzene rings is 1. The van der Waals surface area contributed by atoms with Gasteiger partial charge in [-0.2, -0.15) is 0 Å². The largest absolute Gasteiger partial charge is 0.454 e. The number of hydrogen-bond donors (Lipinski definition) is 2. The molecule has 1 saturated heterocycles. The van der Waals surface area contributed by atoms with E-state index in [2.05, 4.69) is 15.5 Å². The minimum atomic E-state index is -0.430. The lowest BCUT2D eigenvalue weighted by molar-refractivity contribution is -0.123. The summed E-state index contributed by atoms with van der Waals surface area (Å²) in [6.45, 7) is 6.19. The van der Waals surface area contributed by atoms with E-state index in [-0.39, 0.29) is 24.6 Å². The molecule has 7 nitrogen and oxygen atoms in total. The predicted octanol–water partition coefficient (Wildman–Crippen LogP) is 1.52. The third-order valence-electron chi connectivity index (χ3n) is 4.74. The van der Waals surface area contributed by atoms with Gasteiger partial charge in [-0.3, -0.25) is 19.8 Å². The topological polar surface area (TPSA) is 79.9 Å². The zero-order chi connectivity index (χ0) is 18.5. The lowest BCUT2D eigenvalue weighted by atomic mass is 10.0. The quantitative estimate of drug-likeness (QED) is 0.566. The van der Waals surface area contributed by atoms with Crippen LogP contribution in [-0.2, 0) is 4.79 Å². The summed E-state index contributed by atoms with van der Waals surface area (Å²) in [5.74, 6) is 1.17. The number of likely N-dealkylation sites (tertiary alicyclic amines) is 1. The van der Waals surface area contributed by atoms with Crippen molar-refractivity contribution in [2.24, 2.45) is 0 Å². The van der Waals surface area contributed by atoms with Crippen molar-refractivity contribution in [3.63, 3.8) is 0 Å². The molecular weight excluding hydrogens is 334 g/mol. The number of nitrogens with one attached hydrogen (secondary N) is 2. The highest BCUT2D eigenvalue weighted by Gasteiger charge is 2.22. The van der Waals surface area contributed by atoms with Gasteiger partial charge in [0.25, 0.3) is 0 Å². The second-order valence-electron chi connectivity index (χ2n) is 6.95. The van der Waals surface area contributed by atoms with Crippen LogP contribution in [0.2, 0.25) is 0 Å². The Morgan fingerprint density at radius 3 is 2.62 bits per heavy atom. The number of rotatable bonds is 7. The molecule has 2 atom stereocenters. The van der Waals surface area contributed by atoms with Crippen molar-refractivity contribution in [1.29, 1.82) is 0 Å². The Morgan fingerprint density at radius 1 is 1.12 bits per heavy atom. The van der Waals surface area contributed by atoms with E-state index in [4.69, 9.17) is 9.47 Å². The Kier molecular flexibility index (Phi) is 6.11. The molecule has 0 spiro atoms. The molecule has 0 aromatic heterocycles. The SMILES string of the molecule is CC(NC(=O)CN1CCCCC1)NC(C)C(=O)c1ccc2c(c1)OCO2. The van der Waals surface area contributed by atoms with Crippen LogP contribution in [-0.4, -0.2) is 55.2 Å². The molecule has 2 aliphatic rings. The lowest BCUT2D eigenvalue weighted by Gasteiger charge is -2.27. The van der Waals surface area contributed by atoms with Crippen LogP contribution < -0.4 is 20.1 Å². The molecule has 2 unspecified atom stereocenters. The highest BCUT2D eigenvalue weighted by molar-refractivity contribution is 6.00. The number of carbonyl (C=O) groups is 2. The van der Waals surface area contributed by atoms with Gasteiger partial charge in [0.2, 0.25) is 12.7 Å². The first kappa shape index (κ1) is 18.7. The van der Waals surface area contributed by atoms with Gasteiger partial charge in [0.1, 0.15) is 0 Å². The Hall–Kier alpha value is -2.12. The predicted molar refractivity (Wildman–Crippen MR) is 97.4 cm³/mol. The first-order valence-corrected chi connectivity index (χ1v) is 9.24. The van der Waals surface area contributed by atoms with E-state index in [1.807, 2.05) is 6.92 Å². The minimum absolute atomic E-state index is 0.0189. The Bertz CT molecular complexity index is 658. The van der Waals surface area contributed by atoms with E-state index < -0.39 is 6.04 Å². The fraction of sp³-hybridized carbons (Fsp3) is 0.579. The maximum Gasteiger partial charge on any atom is 0.235 e. The number of ketones is 1. The summed E-state index contributed by atoms with van der Waals surface area (Å²) in [6, 6.07) is 4.74. The molecule has 7 heteroatoms. The van der Waals surface area contributed by atoms with Crippen molar-refractivity contribution in [2.75, 3.05) is 26.4 Å². The molecule has 0 radical (unpaired) electrons. The van der Waals surface area contributed by atoms with E-state index in [1.165, 1.54) is 6.42 Å². The van der Waals surface area contributed by atoms with E-state index in [1.54, 1.807) is 25.1 Å². The third-order valence-corrected chi connectivity index (χ3v) is 4.74. The molecule has 0 aliphatic carbocycles. The van der Waals surface area contributed by atoms with E-state index in [0.717, 1.165) is 25.9 Å². The van der Waals surface area contributed by atoms with Gasteiger partial charge in [-0.15, -0.1) is 0 Å². The lowest BCUT2D eigenvalue weighted by Crippen LogP contribution is -2.51. The molecular formula is C19H27N3O4. The van der Waals surface area contributed by atoms with Crippen LogP contribution in [0.25, 0.3) is 0 Å². The molecule has 2 aliphatic heterocycles. The zero-order valence-electron chi connectivity index (χ0n) is 15.4. The average molecular weight is 361 g/mol. The molecule has 1 fully saturated rings. The molecule has 142 valence electrons. The highest BCUT2D eigenvalue weighted by Crippen LogP contribution is 2.32. The van der Waals surface area contributed by atoms with Gasteiger partial charge in [-0.05, 0) is 58.0 Å². The number of ether oxygens (including phenoxy) is 2. The van der Waals surface area contributed by atoms with Crippen molar-refractivity contribution in [2.45, 2.75) is 45.3 Å². The van der Waals surface area contributed by atoms with Crippen LogP contribution in [0.4, 0.5) is 0 Å². The highest BCUT2D eigenvalue weighted by atomic mass is 16.7. The molecule has 2 heterocycles. The first-order chi connectivity index (χ1) is 12.5. The van der Waals surface area contributed by atoms with E-state index >= 15 is 0 Å². The minimum Gasteiger partial charge on any atom is -0.454 e. The van der Waals surface area contributed by atoms with Crippen LogP contribution in [0, 0.1) is 0 Å². The maximum absolute atomic E-state index is 12.6. The van der Waals surface area contributed by atoms with Crippen LogP contribution in [0.1, 0.15) is 43.5 Å². The Balaban J connectivity index is 1.47. The molecule has 0 bridgehead atoms. The maximum atomic E-state index is 12.6. The van der Waals surface area contributed by atoms with Gasteiger partial charge in [0, 0.05) is 5.56 Å². The summed E-state index contributed by atoms with van der Waals surface area (Å²) in [4.78, 5) is 26.9. The summed E-state index contributed by atoms with van der Waals surface area (Å²) < 4.78 is 10.6. The molecule has 0 saturated carbocycles. The number of carbonyl (C=O) groups excluding carboxylic acids is 2. The zero-order valence-corrected chi connectivity index (χ0v) is 15.4. The monoisotopic (exact) mass is 361 g/mol. The van der Waals surface area contributed by atoms with Crippen molar-refractivity contribution in [3.8, 4) is 11.5 Å². The molecule has 1 aromatic rings. The van der Waals surface area contributed by atoms with Crippen molar-refractivity contribution in [3.05, 3.63) is 23.8 Å². The number of fused-ring (bicyclic) bond motifs is 1. The summed E-state index contributed by atoms with van der Waals surface area (Å²) >= 11 is 0. The average Bonchev–Trinajstić information content (AvgIpc) is 3.09. The fourth-order valence-electron chi connectivity index (χ4n) is 3.40. The summed E-state index contributed by atoms with van der Waals surface area (Å²) in [7, 11) is 0. The molecule has 1 amide bonds. The molecule has 1 aromatic carbocycles. The second kappa shape index (κ2) is 8.51. The van der Waals surface area contributed by atoms with Gasteiger partial charge in [0.05, 0.1) is 18.8 Å². The van der Waals surface area contributed by atoms with Crippen LogP contribution in [0.5, 0.6) is 11.5 Å². The van der Waals surface area contributed by atoms with Gasteiger partial charge in [-0.25, -0.2) is 0 Å². The van der Waals surface area contributed by atoms with Crippen molar-refractivity contribution < 1.29 is 19.1 Å². The summed E-state index contributed by atoms with van der Waals surface area (Å²) in [6.07, 6.45) is 3.26. The van der Waals surface area contributed by atoms with E-state index in [9.17, 15) is 9.59 Å². The van der Waals surface area contributed by atoms with Gasteiger partial charge in [-0.1, -0.05) is 6.42 Å². The number of nitrogens with zero attached hydrogens (tertiary/aromatic N) is 1. The third kappa shape index (κ3) is 4.74. The Morgan fingerprint density at radius 2 is 1.85 bits per heavy atom. The van der Waals surface area contributed by atoms with Crippen LogP contribution in [0.15, 0.2) is 18.2 Å². The number of piperidine rings is 1. The van der Waals surface area contributed by atoms with Crippen molar-refractivity contribution >= 4 is 11.7 Å². The van der Waals surface area contributed by atoms with Crippen LogP contribution >= 0.6 is 0 Å². The summed E-state index contributed by atoms with van der Waals surface area (Å²) in [5.41, 5.74) is 0.557. The van der Waals surface area contributed by atoms with Gasteiger partial charge in [0.15, 0.2) is 17.3 Å². The van der Waals surface area contributed by atoms with Gasteiger partial charge >= 0.3 is 0 Å². The Labute approximate surface area is 154 Å². The number of Topliss-reactive ketones (excluding diaryl/α,β-unsaturated/α-hetero) is 1. The molecule has 26 heavy (non-hydrogen) atoms. The molecule has 3 rings (SSSR count). The smallest absolute Gasteiger partial charge is 0.235 e. The van der Waals surface area contributed by atoms with Gasteiger partial charge < -0.3 is 14.8 Å². The summed E-state index contributed by atoms with van der Waals surface area (Å²) in [5, 5.41) is 6.06. The standard InChI is InChI=1S/C19H27N3O4/c1-13(19(24)15-6-7-16-17(10-15)26-12-25-16)20-14(2)21-18(23)11-22-8-4-3-5-9-22/h6-7,10,13-14,20H,3-5,8-9,11-12H2,1-2H3,(H,21,23). The number of amides is 1. The number of hydrogen-bond acceptors (Lipinski definition) is 6. The second-order valence-corrected chi connectivity index (χ2v) is 6.95. The van der Waals surface area contributed by atoms with Crippen molar-refractivity contribution in [1.82, 2.24) is 15.5 Å². The fourth-order valence-corrected chi connectivity index (χ4v) is 3.40. The first-order valence-electron chi connectivity index (χ1n) is 9.24. The normalized spacial score (nSPS) is 19.0. The van der Waals surface area contributed by atoms with Crippen LogP contribution in [0.3, 0.4) is 0 Å². The molecule has 2 N–H and O–H groups in total.